The van der Waals surface area contributed by atoms with Crippen LogP contribution in [0, 0.1) is 0 Å². The van der Waals surface area contributed by atoms with Gasteiger partial charge in [-0.15, -0.1) is 0 Å². The summed E-state index contributed by atoms with van der Waals surface area (Å²) >= 11 is 0. The number of hydrogen-bond donors (Lipinski definition) is 2. The molecule has 0 saturated carbocycles. The Balaban J connectivity index is 1.81. The zero-order chi connectivity index (χ0) is 14.9. The van der Waals surface area contributed by atoms with Gasteiger partial charge in [0.15, 0.2) is 0 Å². The lowest BCUT2D eigenvalue weighted by atomic mass is 9.88. The highest BCUT2D eigenvalue weighted by Crippen LogP contribution is 2.34. The molecule has 1 atom stereocenters. The molecule has 0 radical (unpaired) electrons. The van der Waals surface area contributed by atoms with Gasteiger partial charge in [0.2, 0.25) is 5.91 Å². The Morgan fingerprint density at radius 1 is 1.24 bits per heavy atom. The van der Waals surface area contributed by atoms with Crippen LogP contribution in [-0.4, -0.2) is 42.5 Å². The highest BCUT2D eigenvalue weighted by molar-refractivity contribution is 5.87. The van der Waals surface area contributed by atoms with Crippen molar-refractivity contribution in [3.63, 3.8) is 0 Å². The van der Waals surface area contributed by atoms with Crippen LogP contribution in [0.5, 0.6) is 0 Å². The summed E-state index contributed by atoms with van der Waals surface area (Å²) in [4.78, 5) is 14.8. The van der Waals surface area contributed by atoms with Crippen LogP contribution >= 0.6 is 0 Å². The van der Waals surface area contributed by atoms with Gasteiger partial charge in [0.05, 0.1) is 5.92 Å². The number of nitrogens with one attached hydrogen (secondary N) is 2. The van der Waals surface area contributed by atoms with Crippen molar-refractivity contribution in [2.24, 2.45) is 0 Å². The number of carbonyl (C=O) groups excluding carboxylic acids is 1. The monoisotopic (exact) mass is 287 g/mol. The minimum atomic E-state index is -0.0933. The summed E-state index contributed by atoms with van der Waals surface area (Å²) in [7, 11) is 0. The van der Waals surface area contributed by atoms with E-state index in [4.69, 9.17) is 0 Å². The minimum absolute atomic E-state index is 0.000819. The fraction of sp³-hybridized carbons (Fsp3) is 0.588. The zero-order valence-corrected chi connectivity index (χ0v) is 13.0. The molecule has 114 valence electrons. The van der Waals surface area contributed by atoms with Crippen molar-refractivity contribution >= 4 is 5.91 Å². The molecular formula is C17H25N3O. The number of piperazine rings is 1. The van der Waals surface area contributed by atoms with Gasteiger partial charge < -0.3 is 10.6 Å². The molecule has 0 aliphatic carbocycles. The molecule has 2 saturated heterocycles. The van der Waals surface area contributed by atoms with Gasteiger partial charge in [-0.3, -0.25) is 9.69 Å². The quantitative estimate of drug-likeness (QED) is 0.885. The van der Waals surface area contributed by atoms with Crippen LogP contribution in [0.4, 0.5) is 0 Å². The Labute approximate surface area is 126 Å². The van der Waals surface area contributed by atoms with Crippen LogP contribution in [0.25, 0.3) is 0 Å². The second kappa shape index (κ2) is 5.78. The van der Waals surface area contributed by atoms with Gasteiger partial charge in [0.25, 0.3) is 0 Å². The second-order valence-corrected chi connectivity index (χ2v) is 6.85. The Morgan fingerprint density at radius 2 is 1.95 bits per heavy atom. The number of carbonyl (C=O) groups is 1. The Hall–Kier alpha value is -1.39. The first-order valence-electron chi connectivity index (χ1n) is 7.88. The average Bonchev–Trinajstić information content (AvgIpc) is 2.74. The normalized spacial score (nSPS) is 25.8. The molecule has 2 N–H and O–H groups in total. The summed E-state index contributed by atoms with van der Waals surface area (Å²) in [6.07, 6.45) is 0.879. The number of rotatable bonds is 3. The van der Waals surface area contributed by atoms with Crippen molar-refractivity contribution in [3.8, 4) is 0 Å². The van der Waals surface area contributed by atoms with Crippen LogP contribution < -0.4 is 10.6 Å². The first kappa shape index (κ1) is 14.5. The van der Waals surface area contributed by atoms with Crippen LogP contribution in [0.1, 0.15) is 37.3 Å². The second-order valence-electron chi connectivity index (χ2n) is 6.85. The first-order chi connectivity index (χ1) is 10.1. The third-order valence-electron chi connectivity index (χ3n) is 4.53. The molecule has 1 amide bonds. The number of nitrogens with zero attached hydrogens (tertiary/aromatic N) is 1. The molecule has 2 aliphatic heterocycles. The topological polar surface area (TPSA) is 44.4 Å². The van der Waals surface area contributed by atoms with E-state index in [0.717, 1.165) is 39.1 Å². The molecule has 21 heavy (non-hydrogen) atoms. The van der Waals surface area contributed by atoms with Gasteiger partial charge in [-0.2, -0.15) is 0 Å². The molecule has 2 heterocycles. The lowest BCUT2D eigenvalue weighted by Gasteiger charge is -2.28. The molecule has 4 nitrogen and oxygen atoms in total. The fourth-order valence-electron chi connectivity index (χ4n) is 3.45. The first-order valence-corrected chi connectivity index (χ1v) is 7.88. The molecule has 0 bridgehead atoms. The maximum absolute atomic E-state index is 12.3. The molecule has 0 aromatic heterocycles. The molecule has 3 rings (SSSR count). The smallest absolute Gasteiger partial charge is 0.228 e. The SMILES string of the molecule is CC1(C)CC(c2ccccc2CN2CCNCC2)C(=O)N1. The lowest BCUT2D eigenvalue weighted by Crippen LogP contribution is -2.43. The van der Waals surface area contributed by atoms with E-state index in [1.807, 2.05) is 0 Å². The van der Waals surface area contributed by atoms with Gasteiger partial charge in [-0.1, -0.05) is 24.3 Å². The summed E-state index contributed by atoms with van der Waals surface area (Å²) in [5.41, 5.74) is 2.42. The molecule has 2 fully saturated rings. The molecule has 1 unspecified atom stereocenters. The van der Waals surface area contributed by atoms with E-state index in [2.05, 4.69) is 53.6 Å². The van der Waals surface area contributed by atoms with Crippen molar-refractivity contribution in [3.05, 3.63) is 35.4 Å². The largest absolute Gasteiger partial charge is 0.351 e. The molecule has 0 spiro atoms. The van der Waals surface area contributed by atoms with Crippen molar-refractivity contribution in [1.29, 1.82) is 0 Å². The van der Waals surface area contributed by atoms with E-state index in [9.17, 15) is 4.79 Å². The van der Waals surface area contributed by atoms with E-state index >= 15 is 0 Å². The third kappa shape index (κ3) is 3.27. The predicted octanol–water partition coefficient (Wildman–Crippen LogP) is 1.47. The Kier molecular flexibility index (Phi) is 4.00. The molecule has 4 heteroatoms. The van der Waals surface area contributed by atoms with Gasteiger partial charge >= 0.3 is 0 Å². The van der Waals surface area contributed by atoms with Crippen LogP contribution in [0.15, 0.2) is 24.3 Å². The molecule has 1 aromatic carbocycles. The maximum Gasteiger partial charge on any atom is 0.228 e. The van der Waals surface area contributed by atoms with Gasteiger partial charge in [0.1, 0.15) is 0 Å². The lowest BCUT2D eigenvalue weighted by molar-refractivity contribution is -0.120. The highest BCUT2D eigenvalue weighted by atomic mass is 16.2. The van der Waals surface area contributed by atoms with Crippen molar-refractivity contribution in [2.75, 3.05) is 26.2 Å². The third-order valence-corrected chi connectivity index (χ3v) is 4.53. The van der Waals surface area contributed by atoms with Crippen LogP contribution in [0.2, 0.25) is 0 Å². The summed E-state index contributed by atoms with van der Waals surface area (Å²) in [5.74, 6) is 0.173. The Bertz CT molecular complexity index is 521. The standard InChI is InChI=1S/C17H25N3O/c1-17(2)11-15(16(21)19-17)14-6-4-3-5-13(14)12-20-9-7-18-8-10-20/h3-6,15,18H,7-12H2,1-2H3,(H,19,21). The number of amides is 1. The van der Waals surface area contributed by atoms with E-state index in [-0.39, 0.29) is 17.4 Å². The van der Waals surface area contributed by atoms with E-state index in [0.29, 0.717) is 0 Å². The van der Waals surface area contributed by atoms with Gasteiger partial charge in [-0.05, 0) is 31.4 Å². The van der Waals surface area contributed by atoms with Crippen LogP contribution in [-0.2, 0) is 11.3 Å². The summed E-state index contributed by atoms with van der Waals surface area (Å²) in [6, 6.07) is 8.44. The average molecular weight is 287 g/mol. The molecule has 1 aromatic rings. The van der Waals surface area contributed by atoms with Crippen molar-refractivity contribution < 1.29 is 4.79 Å². The van der Waals surface area contributed by atoms with Gasteiger partial charge in [-0.25, -0.2) is 0 Å². The minimum Gasteiger partial charge on any atom is -0.351 e. The maximum atomic E-state index is 12.3. The van der Waals surface area contributed by atoms with Gasteiger partial charge in [0, 0.05) is 38.3 Å². The van der Waals surface area contributed by atoms with Crippen LogP contribution in [0.3, 0.4) is 0 Å². The summed E-state index contributed by atoms with van der Waals surface area (Å²) < 4.78 is 0. The number of benzene rings is 1. The zero-order valence-electron chi connectivity index (χ0n) is 13.0. The van der Waals surface area contributed by atoms with E-state index in [1.165, 1.54) is 11.1 Å². The van der Waals surface area contributed by atoms with E-state index in [1.54, 1.807) is 0 Å². The highest BCUT2D eigenvalue weighted by Gasteiger charge is 2.38. The van der Waals surface area contributed by atoms with Crippen molar-refractivity contribution in [2.45, 2.75) is 38.3 Å². The number of hydrogen-bond acceptors (Lipinski definition) is 3. The van der Waals surface area contributed by atoms with E-state index < -0.39 is 0 Å². The Morgan fingerprint density at radius 3 is 2.62 bits per heavy atom. The summed E-state index contributed by atoms with van der Waals surface area (Å²) in [6.45, 7) is 9.42. The predicted molar refractivity (Wildman–Crippen MR) is 84.2 cm³/mol. The summed E-state index contributed by atoms with van der Waals surface area (Å²) in [5, 5.41) is 6.49. The fourth-order valence-corrected chi connectivity index (χ4v) is 3.45. The molecular weight excluding hydrogens is 262 g/mol. The van der Waals surface area contributed by atoms with Crippen molar-refractivity contribution in [1.82, 2.24) is 15.5 Å². The molecule has 2 aliphatic rings.